The Balaban J connectivity index is 2.14. The van der Waals surface area contributed by atoms with Gasteiger partial charge in [0.15, 0.2) is 0 Å². The Bertz CT molecular complexity index is 776. The third-order valence-corrected chi connectivity index (χ3v) is 4.34. The van der Waals surface area contributed by atoms with Crippen LogP contribution in [0.3, 0.4) is 0 Å². The van der Waals surface area contributed by atoms with Crippen molar-refractivity contribution in [2.75, 3.05) is 6.61 Å². The fourth-order valence-corrected chi connectivity index (χ4v) is 3.15. The second-order valence-electron chi connectivity index (χ2n) is 5.84. The molecule has 0 amide bonds. The number of pyridine rings is 2. The number of esters is 1. The maximum absolute atomic E-state index is 12.5. The Kier molecular flexibility index (Phi) is 4.43. The maximum atomic E-state index is 12.5. The second-order valence-corrected chi connectivity index (χ2v) is 5.84. The van der Waals surface area contributed by atoms with Crippen LogP contribution in [0, 0.1) is 0 Å². The molecule has 1 fully saturated rings. The number of carbonyl (C=O) groups is 1. The van der Waals surface area contributed by atoms with Crippen molar-refractivity contribution in [3.63, 3.8) is 0 Å². The van der Waals surface area contributed by atoms with Crippen molar-refractivity contribution < 1.29 is 14.6 Å². The van der Waals surface area contributed by atoms with Gasteiger partial charge in [-0.25, -0.2) is 9.78 Å². The normalized spacial score (nSPS) is 21.3. The van der Waals surface area contributed by atoms with Crippen LogP contribution in [0.1, 0.15) is 49.0 Å². The Morgan fingerprint density at radius 3 is 2.83 bits per heavy atom. The third-order valence-electron chi connectivity index (χ3n) is 4.34. The van der Waals surface area contributed by atoms with E-state index >= 15 is 0 Å². The zero-order chi connectivity index (χ0) is 16.4. The molecule has 6 heteroatoms. The zero-order valence-corrected chi connectivity index (χ0v) is 13.1. The van der Waals surface area contributed by atoms with Crippen LogP contribution < -0.4 is 5.43 Å². The predicted octanol–water partition coefficient (Wildman–Crippen LogP) is 2.05. The number of fused-ring (bicyclic) bond motifs is 1. The molecule has 2 heterocycles. The highest BCUT2D eigenvalue weighted by atomic mass is 16.5. The summed E-state index contributed by atoms with van der Waals surface area (Å²) in [6, 6.07) is 3.49. The average molecular weight is 316 g/mol. The SMILES string of the molecule is CCOC(=O)c1cn([C@H]2CC[C@H](O)CC2)c2ncccc2c1=O. The van der Waals surface area contributed by atoms with E-state index in [1.54, 1.807) is 31.5 Å². The van der Waals surface area contributed by atoms with Gasteiger partial charge in [-0.15, -0.1) is 0 Å². The van der Waals surface area contributed by atoms with E-state index in [9.17, 15) is 14.7 Å². The Morgan fingerprint density at radius 2 is 2.13 bits per heavy atom. The summed E-state index contributed by atoms with van der Waals surface area (Å²) in [5.74, 6) is -0.604. The standard InChI is InChI=1S/C17H20N2O4/c1-2-23-17(22)14-10-19(11-5-7-12(20)8-6-11)16-13(15(14)21)4-3-9-18-16/h3-4,9-12,20H,2,5-8H2,1H3/t11-,12-. The van der Waals surface area contributed by atoms with Crippen LogP contribution in [-0.2, 0) is 4.74 Å². The molecule has 23 heavy (non-hydrogen) atoms. The lowest BCUT2D eigenvalue weighted by Gasteiger charge is -2.28. The molecule has 1 saturated carbocycles. The molecule has 0 radical (unpaired) electrons. The number of hydrogen-bond acceptors (Lipinski definition) is 5. The summed E-state index contributed by atoms with van der Waals surface area (Å²) in [7, 11) is 0. The molecule has 122 valence electrons. The van der Waals surface area contributed by atoms with Gasteiger partial charge in [0, 0.05) is 18.4 Å². The van der Waals surface area contributed by atoms with Crippen molar-refractivity contribution in [1.82, 2.24) is 9.55 Å². The lowest BCUT2D eigenvalue weighted by Crippen LogP contribution is -2.26. The quantitative estimate of drug-likeness (QED) is 0.877. The fourth-order valence-electron chi connectivity index (χ4n) is 3.15. The molecule has 1 aliphatic carbocycles. The van der Waals surface area contributed by atoms with Gasteiger partial charge < -0.3 is 14.4 Å². The molecule has 1 aliphatic rings. The van der Waals surface area contributed by atoms with Crippen molar-refractivity contribution in [2.24, 2.45) is 0 Å². The number of aliphatic hydroxyl groups is 1. The maximum Gasteiger partial charge on any atom is 0.343 e. The van der Waals surface area contributed by atoms with E-state index in [1.807, 2.05) is 4.57 Å². The number of rotatable bonds is 3. The zero-order valence-electron chi connectivity index (χ0n) is 13.1. The Morgan fingerprint density at radius 1 is 1.39 bits per heavy atom. The van der Waals surface area contributed by atoms with E-state index in [4.69, 9.17) is 4.74 Å². The van der Waals surface area contributed by atoms with E-state index in [1.165, 1.54) is 0 Å². The van der Waals surface area contributed by atoms with Gasteiger partial charge in [0.1, 0.15) is 11.2 Å². The number of carbonyl (C=O) groups excluding carboxylic acids is 1. The molecular formula is C17H20N2O4. The van der Waals surface area contributed by atoms with Crippen molar-refractivity contribution in [3.8, 4) is 0 Å². The number of nitrogens with zero attached hydrogens (tertiary/aromatic N) is 2. The Hall–Kier alpha value is -2.21. The van der Waals surface area contributed by atoms with Gasteiger partial charge >= 0.3 is 5.97 Å². The molecule has 0 spiro atoms. The minimum absolute atomic E-state index is 0.0403. The molecule has 0 unspecified atom stereocenters. The van der Waals surface area contributed by atoms with E-state index in [2.05, 4.69) is 4.98 Å². The summed E-state index contributed by atoms with van der Waals surface area (Å²) in [4.78, 5) is 29.0. The summed E-state index contributed by atoms with van der Waals surface area (Å²) in [6.45, 7) is 1.93. The number of hydrogen-bond donors (Lipinski definition) is 1. The molecule has 6 nitrogen and oxygen atoms in total. The van der Waals surface area contributed by atoms with Crippen LogP contribution in [0.4, 0.5) is 0 Å². The summed E-state index contributed by atoms with van der Waals surface area (Å²) in [5.41, 5.74) is 0.268. The first-order valence-corrected chi connectivity index (χ1v) is 7.97. The molecule has 2 aromatic heterocycles. The van der Waals surface area contributed by atoms with Crippen LogP contribution in [0.5, 0.6) is 0 Å². The van der Waals surface area contributed by atoms with Crippen molar-refractivity contribution in [3.05, 3.63) is 40.3 Å². The van der Waals surface area contributed by atoms with Gasteiger partial charge in [0.05, 0.1) is 18.1 Å². The first kappa shape index (κ1) is 15.7. The Labute approximate surface area is 133 Å². The lowest BCUT2D eigenvalue weighted by atomic mass is 9.92. The molecule has 0 saturated heterocycles. The monoisotopic (exact) mass is 316 g/mol. The average Bonchev–Trinajstić information content (AvgIpc) is 2.57. The van der Waals surface area contributed by atoms with Gasteiger partial charge in [-0.3, -0.25) is 4.79 Å². The molecule has 3 rings (SSSR count). The summed E-state index contributed by atoms with van der Waals surface area (Å²) < 4.78 is 6.90. The van der Waals surface area contributed by atoms with Crippen molar-refractivity contribution in [1.29, 1.82) is 0 Å². The summed E-state index contributed by atoms with van der Waals surface area (Å²) >= 11 is 0. The highest BCUT2D eigenvalue weighted by Crippen LogP contribution is 2.30. The highest BCUT2D eigenvalue weighted by molar-refractivity contribution is 5.93. The summed E-state index contributed by atoms with van der Waals surface area (Å²) in [6.07, 6.45) is 5.93. The smallest absolute Gasteiger partial charge is 0.343 e. The van der Waals surface area contributed by atoms with E-state index in [-0.39, 0.29) is 29.7 Å². The minimum Gasteiger partial charge on any atom is -0.462 e. The van der Waals surface area contributed by atoms with E-state index in [0.717, 1.165) is 12.8 Å². The lowest BCUT2D eigenvalue weighted by molar-refractivity contribution is 0.0523. The van der Waals surface area contributed by atoms with E-state index in [0.29, 0.717) is 23.9 Å². The van der Waals surface area contributed by atoms with Gasteiger partial charge in [-0.2, -0.15) is 0 Å². The molecule has 1 N–H and O–H groups in total. The van der Waals surface area contributed by atoms with Crippen molar-refractivity contribution in [2.45, 2.75) is 44.8 Å². The topological polar surface area (TPSA) is 81.4 Å². The summed E-state index contributed by atoms with van der Waals surface area (Å²) in [5, 5.41) is 10.1. The van der Waals surface area contributed by atoms with Crippen LogP contribution in [0.25, 0.3) is 11.0 Å². The predicted molar refractivity (Wildman–Crippen MR) is 85.5 cm³/mol. The van der Waals surface area contributed by atoms with Crippen LogP contribution >= 0.6 is 0 Å². The molecule has 0 bridgehead atoms. The third kappa shape index (κ3) is 2.99. The van der Waals surface area contributed by atoms with Gasteiger partial charge in [0.2, 0.25) is 5.43 Å². The minimum atomic E-state index is -0.604. The van der Waals surface area contributed by atoms with Gasteiger partial charge in [-0.05, 0) is 44.7 Å². The van der Waals surface area contributed by atoms with E-state index < -0.39 is 5.97 Å². The molecule has 0 aromatic carbocycles. The first-order valence-electron chi connectivity index (χ1n) is 7.97. The molecule has 0 atom stereocenters. The van der Waals surface area contributed by atoms with Crippen LogP contribution in [0.15, 0.2) is 29.3 Å². The highest BCUT2D eigenvalue weighted by Gasteiger charge is 2.24. The number of aliphatic hydroxyl groups excluding tert-OH is 1. The largest absolute Gasteiger partial charge is 0.462 e. The van der Waals surface area contributed by atoms with Gasteiger partial charge in [0.25, 0.3) is 0 Å². The molecule has 0 aliphatic heterocycles. The van der Waals surface area contributed by atoms with Crippen molar-refractivity contribution >= 4 is 17.0 Å². The van der Waals surface area contributed by atoms with Crippen LogP contribution in [0.2, 0.25) is 0 Å². The van der Waals surface area contributed by atoms with Crippen LogP contribution in [-0.4, -0.2) is 33.3 Å². The van der Waals surface area contributed by atoms with Gasteiger partial charge in [-0.1, -0.05) is 0 Å². The fraction of sp³-hybridized carbons (Fsp3) is 0.471. The number of aromatic nitrogens is 2. The molecule has 2 aromatic rings. The second kappa shape index (κ2) is 6.50. The molecular weight excluding hydrogens is 296 g/mol. The first-order chi connectivity index (χ1) is 11.1. The number of ether oxygens (including phenoxy) is 1.